The Hall–Kier alpha value is -1.90. The summed E-state index contributed by atoms with van der Waals surface area (Å²) in [6.07, 6.45) is 1.61. The van der Waals surface area contributed by atoms with Gasteiger partial charge in [0.2, 0.25) is 0 Å². The quantitative estimate of drug-likeness (QED) is 0.899. The Balaban J connectivity index is 2.22. The van der Waals surface area contributed by atoms with Gasteiger partial charge in [-0.1, -0.05) is 22.0 Å². The van der Waals surface area contributed by atoms with Crippen LogP contribution < -0.4 is 10.1 Å². The molecule has 0 spiro atoms. The van der Waals surface area contributed by atoms with E-state index in [1.165, 1.54) is 0 Å². The summed E-state index contributed by atoms with van der Waals surface area (Å²) in [6.45, 7) is 2.39. The summed E-state index contributed by atoms with van der Waals surface area (Å²) in [7, 11) is 1.91. The van der Waals surface area contributed by atoms with Gasteiger partial charge in [0, 0.05) is 27.8 Å². The molecule has 108 valence electrons. The zero-order valence-corrected chi connectivity index (χ0v) is 13.5. The van der Waals surface area contributed by atoms with E-state index in [4.69, 9.17) is 10.00 Å². The van der Waals surface area contributed by atoms with Crippen LogP contribution in [0.3, 0.4) is 0 Å². The van der Waals surface area contributed by atoms with Crippen LogP contribution in [-0.2, 0) is 6.61 Å². The van der Waals surface area contributed by atoms with Crippen LogP contribution in [-0.4, -0.2) is 12.0 Å². The Morgan fingerprint density at radius 1 is 1.43 bits per heavy atom. The van der Waals surface area contributed by atoms with Crippen LogP contribution in [0.15, 0.2) is 41.0 Å². The first-order valence-corrected chi connectivity index (χ1v) is 7.38. The SMILES string of the molecule is CNC(C)c1cc(Br)ccc1OCc1cccnc1C#N. The van der Waals surface area contributed by atoms with Crippen LogP contribution in [0.4, 0.5) is 0 Å². The maximum Gasteiger partial charge on any atom is 0.147 e. The zero-order chi connectivity index (χ0) is 15.2. The maximum atomic E-state index is 9.05. The second-order valence-electron chi connectivity index (χ2n) is 4.60. The molecule has 0 amide bonds. The predicted molar refractivity (Wildman–Crippen MR) is 84.9 cm³/mol. The first-order valence-electron chi connectivity index (χ1n) is 6.59. The van der Waals surface area contributed by atoms with Crippen molar-refractivity contribution in [1.29, 1.82) is 5.26 Å². The lowest BCUT2D eigenvalue weighted by molar-refractivity contribution is 0.299. The van der Waals surface area contributed by atoms with Crippen molar-refractivity contribution in [2.45, 2.75) is 19.6 Å². The third kappa shape index (κ3) is 3.81. The standard InChI is InChI=1S/C16H16BrN3O/c1-11(19-2)14-8-13(17)5-6-16(14)21-10-12-4-3-7-20-15(12)9-18/h3-8,11,19H,10H2,1-2H3. The van der Waals surface area contributed by atoms with Gasteiger partial charge in [0.15, 0.2) is 0 Å². The topological polar surface area (TPSA) is 57.9 Å². The van der Waals surface area contributed by atoms with Gasteiger partial charge in [0.1, 0.15) is 24.1 Å². The zero-order valence-electron chi connectivity index (χ0n) is 11.9. The maximum absolute atomic E-state index is 9.05. The number of hydrogen-bond donors (Lipinski definition) is 1. The van der Waals surface area contributed by atoms with E-state index >= 15 is 0 Å². The first-order chi connectivity index (χ1) is 10.2. The van der Waals surface area contributed by atoms with E-state index in [2.05, 4.69) is 39.2 Å². The average molecular weight is 346 g/mol. The second-order valence-corrected chi connectivity index (χ2v) is 5.52. The Labute approximate surface area is 132 Å². The van der Waals surface area contributed by atoms with Crippen molar-refractivity contribution in [3.63, 3.8) is 0 Å². The molecule has 4 nitrogen and oxygen atoms in total. The molecular formula is C16H16BrN3O. The molecule has 0 radical (unpaired) electrons. The lowest BCUT2D eigenvalue weighted by Crippen LogP contribution is -2.14. The molecule has 5 heteroatoms. The summed E-state index contributed by atoms with van der Waals surface area (Å²) in [6, 6.07) is 11.8. The molecule has 1 heterocycles. The lowest BCUT2D eigenvalue weighted by Gasteiger charge is -2.17. The van der Waals surface area contributed by atoms with E-state index in [-0.39, 0.29) is 6.04 Å². The number of nitrogens with one attached hydrogen (secondary N) is 1. The van der Waals surface area contributed by atoms with Gasteiger partial charge in [-0.15, -0.1) is 0 Å². The fourth-order valence-corrected chi connectivity index (χ4v) is 2.33. The van der Waals surface area contributed by atoms with E-state index < -0.39 is 0 Å². The fourth-order valence-electron chi connectivity index (χ4n) is 1.96. The second kappa shape index (κ2) is 7.21. The number of aromatic nitrogens is 1. The Kier molecular flexibility index (Phi) is 5.32. The van der Waals surface area contributed by atoms with Gasteiger partial charge in [0.25, 0.3) is 0 Å². The van der Waals surface area contributed by atoms with E-state index in [1.807, 2.05) is 31.3 Å². The van der Waals surface area contributed by atoms with Crippen molar-refractivity contribution >= 4 is 15.9 Å². The third-order valence-corrected chi connectivity index (χ3v) is 3.74. The highest BCUT2D eigenvalue weighted by molar-refractivity contribution is 9.10. The molecule has 1 unspecified atom stereocenters. The van der Waals surface area contributed by atoms with Crippen LogP contribution in [0, 0.1) is 11.3 Å². The van der Waals surface area contributed by atoms with Gasteiger partial charge in [-0.3, -0.25) is 0 Å². The van der Waals surface area contributed by atoms with E-state index in [0.29, 0.717) is 12.3 Å². The van der Waals surface area contributed by atoms with Gasteiger partial charge in [-0.2, -0.15) is 5.26 Å². The highest BCUT2D eigenvalue weighted by atomic mass is 79.9. The number of hydrogen-bond acceptors (Lipinski definition) is 4. The fraction of sp³-hybridized carbons (Fsp3) is 0.250. The molecule has 0 fully saturated rings. The molecule has 0 aliphatic carbocycles. The van der Waals surface area contributed by atoms with Gasteiger partial charge in [-0.25, -0.2) is 4.98 Å². The van der Waals surface area contributed by atoms with Crippen LogP contribution in [0.1, 0.15) is 29.8 Å². The number of nitrogens with zero attached hydrogens (tertiary/aromatic N) is 2. The number of benzene rings is 1. The largest absolute Gasteiger partial charge is 0.488 e. The molecule has 0 aliphatic heterocycles. The van der Waals surface area contributed by atoms with Crippen molar-refractivity contribution in [2.75, 3.05) is 7.05 Å². The minimum absolute atomic E-state index is 0.168. The number of nitriles is 1. The van der Waals surface area contributed by atoms with Crippen LogP contribution >= 0.6 is 15.9 Å². The van der Waals surface area contributed by atoms with Gasteiger partial charge < -0.3 is 10.1 Å². The molecule has 1 N–H and O–H groups in total. The van der Waals surface area contributed by atoms with E-state index in [9.17, 15) is 0 Å². The van der Waals surface area contributed by atoms with Crippen molar-refractivity contribution in [2.24, 2.45) is 0 Å². The lowest BCUT2D eigenvalue weighted by atomic mass is 10.1. The van der Waals surface area contributed by atoms with Crippen molar-refractivity contribution < 1.29 is 4.74 Å². The van der Waals surface area contributed by atoms with E-state index in [1.54, 1.807) is 12.3 Å². The molecule has 0 saturated carbocycles. The summed E-state index contributed by atoms with van der Waals surface area (Å²) in [4.78, 5) is 4.04. The molecule has 21 heavy (non-hydrogen) atoms. The molecule has 2 aromatic rings. The first kappa shape index (κ1) is 15.5. The van der Waals surface area contributed by atoms with Crippen molar-refractivity contribution in [3.8, 4) is 11.8 Å². The minimum Gasteiger partial charge on any atom is -0.488 e. The smallest absolute Gasteiger partial charge is 0.147 e. The highest BCUT2D eigenvalue weighted by Crippen LogP contribution is 2.29. The molecule has 1 atom stereocenters. The van der Waals surface area contributed by atoms with E-state index in [0.717, 1.165) is 21.3 Å². The van der Waals surface area contributed by atoms with Gasteiger partial charge >= 0.3 is 0 Å². The van der Waals surface area contributed by atoms with Crippen LogP contribution in [0.2, 0.25) is 0 Å². The van der Waals surface area contributed by atoms with Crippen LogP contribution in [0.25, 0.3) is 0 Å². The Morgan fingerprint density at radius 2 is 2.24 bits per heavy atom. The Morgan fingerprint density at radius 3 is 2.95 bits per heavy atom. The van der Waals surface area contributed by atoms with Crippen LogP contribution in [0.5, 0.6) is 5.75 Å². The predicted octanol–water partition coefficient (Wildman–Crippen LogP) is 3.58. The molecule has 1 aromatic carbocycles. The molecule has 0 saturated heterocycles. The summed E-state index contributed by atoms with van der Waals surface area (Å²) in [5.41, 5.74) is 2.25. The average Bonchev–Trinajstić information content (AvgIpc) is 2.53. The number of rotatable bonds is 5. The third-order valence-electron chi connectivity index (χ3n) is 3.25. The van der Waals surface area contributed by atoms with Gasteiger partial charge in [0.05, 0.1) is 0 Å². The normalized spacial score (nSPS) is 11.7. The summed E-state index contributed by atoms with van der Waals surface area (Å²) in [5, 5.41) is 12.3. The molecule has 0 aliphatic rings. The summed E-state index contributed by atoms with van der Waals surface area (Å²) in [5.74, 6) is 0.799. The minimum atomic E-state index is 0.168. The molecular weight excluding hydrogens is 330 g/mol. The Bertz CT molecular complexity index is 667. The number of pyridine rings is 1. The van der Waals surface area contributed by atoms with Crippen molar-refractivity contribution in [3.05, 3.63) is 57.8 Å². The number of ether oxygens (including phenoxy) is 1. The molecule has 2 rings (SSSR count). The van der Waals surface area contributed by atoms with Crippen molar-refractivity contribution in [1.82, 2.24) is 10.3 Å². The summed E-state index contributed by atoms with van der Waals surface area (Å²) < 4.78 is 6.90. The van der Waals surface area contributed by atoms with Gasteiger partial charge in [-0.05, 0) is 38.2 Å². The molecule has 0 bridgehead atoms. The number of halogens is 1. The molecule has 1 aromatic heterocycles. The summed E-state index contributed by atoms with van der Waals surface area (Å²) >= 11 is 3.48. The highest BCUT2D eigenvalue weighted by Gasteiger charge is 2.12. The monoisotopic (exact) mass is 345 g/mol.